The number of amides is 1. The summed E-state index contributed by atoms with van der Waals surface area (Å²) < 4.78 is 50.6. The molecule has 0 spiro atoms. The number of esters is 1. The number of phenols is 2. The molecular formula is C36H52N7O18P. The molecule has 1 saturated carbocycles. The highest BCUT2D eigenvalue weighted by Gasteiger charge is 2.50. The number of hydroxylamine groups is 1. The number of nitrogens with zero attached hydrogens (tertiary/aromatic N) is 4. The first-order valence-electron chi connectivity index (χ1n) is 19.4. The number of phosphoric ester groups is 1. The van der Waals surface area contributed by atoms with Gasteiger partial charge in [0.05, 0.1) is 45.5 Å². The van der Waals surface area contributed by atoms with Crippen molar-refractivity contribution in [2.75, 3.05) is 65.1 Å². The fourth-order valence-electron chi connectivity index (χ4n) is 6.35. The van der Waals surface area contributed by atoms with Crippen LogP contribution in [0.2, 0.25) is 0 Å². The van der Waals surface area contributed by atoms with Gasteiger partial charge in [-0.2, -0.15) is 10.1 Å². The molecule has 1 aliphatic carbocycles. The van der Waals surface area contributed by atoms with Crippen LogP contribution in [0.5, 0.6) is 11.5 Å². The standard InChI is InChI=1S/C36H52N7O18P/c37-32-28-33(40-19-39-32)43(20-41-28)34-31(50)30(49)26(60-34)18-58-62(53,54)61-42-8-2-10-56-12-14-57-13-11-55-9-1-7-38-35(51)36(52)16-24(46)29(48)25(17-36)59-27(47)6-4-21-3-5-22(44)23(45)15-21/h3-6,15,19-20,24-26,29-31,34,42,44-46,48-50,52H,1-2,7-14,16-18H2,(H,38,51)(H,53,54)(H2,37,39,40)/b6-4+. The highest BCUT2D eigenvalue weighted by molar-refractivity contribution is 7.47. The van der Waals surface area contributed by atoms with Gasteiger partial charge >= 0.3 is 13.8 Å². The number of carbonyl (C=O) groups is 2. The number of benzene rings is 1. The Morgan fingerprint density at radius 3 is 2.34 bits per heavy atom. The van der Waals surface area contributed by atoms with E-state index in [1.165, 1.54) is 41.5 Å². The molecule has 3 aromatic rings. The topological polar surface area (TPSA) is 371 Å². The molecule has 1 aromatic carbocycles. The zero-order valence-corrected chi connectivity index (χ0v) is 34.1. The third-order valence-electron chi connectivity index (χ3n) is 9.61. The molecule has 25 nitrogen and oxygen atoms in total. The van der Waals surface area contributed by atoms with Crippen LogP contribution in [0, 0.1) is 0 Å². The average Bonchev–Trinajstić information content (AvgIpc) is 3.79. The molecule has 1 aliphatic heterocycles. The molecule has 3 heterocycles. The molecule has 1 amide bonds. The molecule has 12 N–H and O–H groups in total. The Hall–Kier alpha value is -4.44. The van der Waals surface area contributed by atoms with Crippen molar-refractivity contribution in [3.63, 3.8) is 0 Å². The summed E-state index contributed by atoms with van der Waals surface area (Å²) in [5.74, 6) is -2.38. The van der Waals surface area contributed by atoms with Gasteiger partial charge in [-0.25, -0.2) is 24.3 Å². The fourth-order valence-corrected chi connectivity index (χ4v) is 6.99. The zero-order chi connectivity index (χ0) is 44.9. The van der Waals surface area contributed by atoms with E-state index in [9.17, 15) is 54.8 Å². The van der Waals surface area contributed by atoms with Crippen LogP contribution in [0.15, 0.2) is 36.9 Å². The number of carbonyl (C=O) groups excluding carboxylic acids is 2. The number of hydrogen-bond donors (Lipinski definition) is 11. The molecule has 2 fully saturated rings. The summed E-state index contributed by atoms with van der Waals surface area (Å²) in [6, 6.07) is 3.85. The van der Waals surface area contributed by atoms with Crippen LogP contribution in [0.1, 0.15) is 37.5 Å². The molecule has 0 radical (unpaired) electrons. The van der Waals surface area contributed by atoms with Crippen LogP contribution in [-0.2, 0) is 47.0 Å². The Morgan fingerprint density at radius 2 is 1.63 bits per heavy atom. The number of imidazole rings is 1. The predicted molar refractivity (Wildman–Crippen MR) is 210 cm³/mol. The Bertz CT molecular complexity index is 2010. The number of aliphatic hydroxyl groups is 5. The molecular weight excluding hydrogens is 849 g/mol. The highest BCUT2D eigenvalue weighted by Crippen LogP contribution is 2.43. The predicted octanol–water partition coefficient (Wildman–Crippen LogP) is -2.10. The van der Waals surface area contributed by atoms with Gasteiger partial charge in [-0.15, -0.1) is 0 Å². The van der Waals surface area contributed by atoms with Crippen molar-refractivity contribution in [2.45, 2.75) is 74.1 Å². The van der Waals surface area contributed by atoms with E-state index >= 15 is 0 Å². The normalized spacial score (nSPS) is 26.2. The first-order valence-corrected chi connectivity index (χ1v) is 20.9. The van der Waals surface area contributed by atoms with Crippen molar-refractivity contribution < 1.29 is 87.6 Å². The van der Waals surface area contributed by atoms with Gasteiger partial charge in [0.25, 0.3) is 5.91 Å². The molecule has 344 valence electrons. The van der Waals surface area contributed by atoms with Gasteiger partial charge in [0, 0.05) is 45.2 Å². The number of aromatic nitrogens is 4. The monoisotopic (exact) mass is 901 g/mol. The molecule has 26 heteroatoms. The van der Waals surface area contributed by atoms with Gasteiger partial charge in [0.2, 0.25) is 0 Å². The second kappa shape index (κ2) is 22.8. The number of anilines is 1. The number of phosphoric acid groups is 1. The third-order valence-corrected chi connectivity index (χ3v) is 10.4. The zero-order valence-electron chi connectivity index (χ0n) is 33.2. The SMILES string of the molecule is Nc1ncnc2c1ncn2C1OC(COP(=O)(O)ONCCCOCCOCCOCCCNC(=O)C2(O)CC(O)C(O)C(OC(=O)/C=C/c3ccc(O)c(O)c3)C2)C(O)C1O. The summed E-state index contributed by atoms with van der Waals surface area (Å²) in [6.07, 6.45) is -5.15. The lowest BCUT2D eigenvalue weighted by Crippen LogP contribution is -2.59. The maximum atomic E-state index is 12.8. The molecule has 9 atom stereocenters. The maximum Gasteiger partial charge on any atom is 0.488 e. The summed E-state index contributed by atoms with van der Waals surface area (Å²) in [5.41, 5.74) is 6.87. The number of rotatable bonds is 24. The minimum absolute atomic E-state index is 0.112. The van der Waals surface area contributed by atoms with Crippen molar-refractivity contribution in [3.8, 4) is 11.5 Å². The van der Waals surface area contributed by atoms with Crippen molar-refractivity contribution in [1.29, 1.82) is 0 Å². The van der Waals surface area contributed by atoms with E-state index in [0.717, 1.165) is 6.08 Å². The number of aromatic hydroxyl groups is 2. The van der Waals surface area contributed by atoms with E-state index in [1.807, 2.05) is 0 Å². The fraction of sp³-hybridized carbons (Fsp3) is 0.583. The van der Waals surface area contributed by atoms with E-state index in [-0.39, 0.29) is 75.5 Å². The van der Waals surface area contributed by atoms with Crippen molar-refractivity contribution in [1.82, 2.24) is 30.3 Å². The highest BCUT2D eigenvalue weighted by atomic mass is 31.2. The smallest absolute Gasteiger partial charge is 0.488 e. The summed E-state index contributed by atoms with van der Waals surface area (Å²) >= 11 is 0. The molecule has 62 heavy (non-hydrogen) atoms. The Morgan fingerprint density at radius 1 is 0.935 bits per heavy atom. The molecule has 9 unspecified atom stereocenters. The second-order valence-corrected chi connectivity index (χ2v) is 15.6. The summed E-state index contributed by atoms with van der Waals surface area (Å²) in [7, 11) is -4.62. The first kappa shape index (κ1) is 48.6. The van der Waals surface area contributed by atoms with Gasteiger partial charge in [-0.3, -0.25) is 13.9 Å². The van der Waals surface area contributed by atoms with E-state index in [0.29, 0.717) is 18.4 Å². The lowest BCUT2D eigenvalue weighted by Gasteiger charge is -2.40. The van der Waals surface area contributed by atoms with Crippen LogP contribution in [0.3, 0.4) is 0 Å². The van der Waals surface area contributed by atoms with Gasteiger partial charge in [0.1, 0.15) is 48.0 Å². The van der Waals surface area contributed by atoms with Crippen LogP contribution in [-0.4, -0.2) is 174 Å². The number of nitrogen functional groups attached to an aromatic ring is 1. The van der Waals surface area contributed by atoms with E-state index in [2.05, 4.69) is 25.7 Å². The molecule has 2 aromatic heterocycles. The number of nitrogens with two attached hydrogens (primary N) is 1. The van der Waals surface area contributed by atoms with E-state index in [1.54, 1.807) is 0 Å². The second-order valence-electron chi connectivity index (χ2n) is 14.2. The van der Waals surface area contributed by atoms with E-state index < -0.39 is 93.3 Å². The number of ether oxygens (including phenoxy) is 5. The number of hydrogen-bond acceptors (Lipinski definition) is 22. The van der Waals surface area contributed by atoms with Crippen molar-refractivity contribution in [2.24, 2.45) is 0 Å². The van der Waals surface area contributed by atoms with Gasteiger partial charge in [-0.05, 0) is 36.6 Å². The number of phenolic OH excluding ortho intramolecular Hbond substituents is 2. The van der Waals surface area contributed by atoms with Crippen molar-refractivity contribution in [3.05, 3.63) is 42.5 Å². The first-order chi connectivity index (χ1) is 29.6. The Balaban J connectivity index is 0.845. The van der Waals surface area contributed by atoms with Crippen molar-refractivity contribution >= 4 is 42.8 Å². The number of aliphatic hydroxyl groups excluding tert-OH is 4. The minimum Gasteiger partial charge on any atom is -0.504 e. The van der Waals surface area contributed by atoms with Gasteiger partial charge < -0.3 is 75.4 Å². The molecule has 2 aliphatic rings. The maximum absolute atomic E-state index is 12.8. The summed E-state index contributed by atoms with van der Waals surface area (Å²) in [5, 5.41) is 74.2. The Labute approximate surface area is 353 Å². The lowest BCUT2D eigenvalue weighted by molar-refractivity contribution is -0.187. The van der Waals surface area contributed by atoms with Gasteiger partial charge in [-0.1, -0.05) is 6.07 Å². The van der Waals surface area contributed by atoms with Gasteiger partial charge in [0.15, 0.2) is 29.2 Å². The quantitative estimate of drug-likeness (QED) is 0.0114. The minimum atomic E-state index is -4.62. The van der Waals surface area contributed by atoms with Crippen LogP contribution < -0.4 is 16.5 Å². The molecule has 5 rings (SSSR count). The largest absolute Gasteiger partial charge is 0.504 e. The number of fused-ring (bicyclic) bond motifs is 1. The Kier molecular flexibility index (Phi) is 17.8. The van der Waals surface area contributed by atoms with Crippen LogP contribution in [0.25, 0.3) is 17.2 Å². The van der Waals surface area contributed by atoms with Crippen LogP contribution in [0.4, 0.5) is 5.82 Å². The summed E-state index contributed by atoms with van der Waals surface area (Å²) in [6.45, 7) is 1.22. The van der Waals surface area contributed by atoms with E-state index in [4.69, 9.17) is 38.6 Å². The summed E-state index contributed by atoms with van der Waals surface area (Å²) in [4.78, 5) is 47.2. The lowest BCUT2D eigenvalue weighted by atomic mass is 9.79. The molecule has 0 bridgehead atoms. The molecule has 1 saturated heterocycles. The third kappa shape index (κ3) is 13.5. The average molecular weight is 902 g/mol. The van der Waals surface area contributed by atoms with Crippen LogP contribution >= 0.6 is 7.82 Å². The number of nitrogens with one attached hydrogen (secondary N) is 2.